The molecule has 0 unspecified atom stereocenters. The number of hydrazone groups is 1. The molecule has 4 nitrogen and oxygen atoms in total. The van der Waals surface area contributed by atoms with Gasteiger partial charge in [-0.1, -0.05) is 41.6 Å². The first kappa shape index (κ1) is 14.1. The van der Waals surface area contributed by atoms with Crippen LogP contribution in [-0.2, 0) is 0 Å². The van der Waals surface area contributed by atoms with Crippen molar-refractivity contribution in [1.82, 2.24) is 5.43 Å². The molecule has 0 saturated heterocycles. The first-order chi connectivity index (χ1) is 9.63. The lowest BCUT2D eigenvalue weighted by atomic mass is 10.2. The molecule has 0 heterocycles. The highest BCUT2D eigenvalue weighted by Crippen LogP contribution is 2.27. The Kier molecular flexibility index (Phi) is 4.79. The molecule has 20 heavy (non-hydrogen) atoms. The first-order valence-corrected chi connectivity index (χ1v) is 6.88. The maximum atomic E-state index is 10.5. The van der Waals surface area contributed by atoms with Gasteiger partial charge in [0.1, 0.15) is 0 Å². The molecule has 0 aliphatic carbocycles. The normalized spacial score (nSPS) is 10.7. The average Bonchev–Trinajstić information content (AvgIpc) is 2.43. The van der Waals surface area contributed by atoms with Gasteiger partial charge in [-0.2, -0.15) is 5.10 Å². The minimum atomic E-state index is -0.673. The van der Waals surface area contributed by atoms with Crippen LogP contribution < -0.4 is 11.2 Å². The third-order valence-corrected chi connectivity index (χ3v) is 3.54. The van der Waals surface area contributed by atoms with E-state index in [2.05, 4.69) is 41.7 Å². The molecular formula is C15H15N3OS. The van der Waals surface area contributed by atoms with Crippen LogP contribution in [0.2, 0.25) is 0 Å². The van der Waals surface area contributed by atoms with Gasteiger partial charge in [0.25, 0.3) is 0 Å². The number of urea groups is 1. The van der Waals surface area contributed by atoms with Crippen LogP contribution >= 0.6 is 11.8 Å². The van der Waals surface area contributed by atoms with Crippen LogP contribution in [0.5, 0.6) is 0 Å². The van der Waals surface area contributed by atoms with E-state index >= 15 is 0 Å². The maximum Gasteiger partial charge on any atom is 0.332 e. The summed E-state index contributed by atoms with van der Waals surface area (Å²) in [5, 5.41) is 3.71. The number of amides is 2. The highest BCUT2D eigenvalue weighted by molar-refractivity contribution is 7.99. The van der Waals surface area contributed by atoms with Crippen molar-refractivity contribution < 1.29 is 4.79 Å². The van der Waals surface area contributed by atoms with Crippen molar-refractivity contribution in [2.24, 2.45) is 10.8 Å². The summed E-state index contributed by atoms with van der Waals surface area (Å²) >= 11 is 1.70. The van der Waals surface area contributed by atoms with Crippen LogP contribution in [0.15, 0.2) is 63.4 Å². The number of carbonyl (C=O) groups excluding carboxylic acids is 1. The van der Waals surface area contributed by atoms with E-state index in [-0.39, 0.29) is 0 Å². The standard InChI is InChI=1S/C15H15N3OS/c1-11-2-6-13(7-3-11)20-14-8-4-12(5-9-14)10-17-18-15(16)19/h2-10H,1H3,(H3,16,18,19). The monoisotopic (exact) mass is 285 g/mol. The molecule has 0 saturated carbocycles. The summed E-state index contributed by atoms with van der Waals surface area (Å²) in [6, 6.07) is 15.6. The molecule has 2 aromatic rings. The zero-order chi connectivity index (χ0) is 14.4. The Balaban J connectivity index is 1.99. The third kappa shape index (κ3) is 4.44. The number of nitrogens with one attached hydrogen (secondary N) is 1. The van der Waals surface area contributed by atoms with Crippen LogP contribution in [0.4, 0.5) is 4.79 Å². The molecule has 0 bridgehead atoms. The van der Waals surface area contributed by atoms with E-state index in [0.717, 1.165) is 10.5 Å². The van der Waals surface area contributed by atoms with E-state index < -0.39 is 6.03 Å². The number of carbonyl (C=O) groups is 1. The predicted molar refractivity (Wildman–Crippen MR) is 82.1 cm³/mol. The van der Waals surface area contributed by atoms with Gasteiger partial charge in [-0.05, 0) is 36.8 Å². The van der Waals surface area contributed by atoms with Crippen molar-refractivity contribution in [2.45, 2.75) is 16.7 Å². The minimum Gasteiger partial charge on any atom is -0.350 e. The highest BCUT2D eigenvalue weighted by Gasteiger charge is 1.97. The molecule has 3 N–H and O–H groups in total. The number of hydrogen-bond acceptors (Lipinski definition) is 3. The fourth-order valence-electron chi connectivity index (χ4n) is 1.53. The molecule has 0 aliphatic heterocycles. The third-order valence-electron chi connectivity index (χ3n) is 2.53. The second kappa shape index (κ2) is 6.77. The topological polar surface area (TPSA) is 67.5 Å². The second-order valence-electron chi connectivity index (χ2n) is 4.22. The quantitative estimate of drug-likeness (QED) is 0.669. The van der Waals surface area contributed by atoms with E-state index in [1.54, 1.807) is 18.0 Å². The van der Waals surface area contributed by atoms with Gasteiger partial charge in [0, 0.05) is 9.79 Å². The molecule has 0 fully saturated rings. The fraction of sp³-hybridized carbons (Fsp3) is 0.0667. The van der Waals surface area contributed by atoms with Gasteiger partial charge in [0.05, 0.1) is 6.21 Å². The van der Waals surface area contributed by atoms with Crippen LogP contribution in [0.25, 0.3) is 0 Å². The largest absolute Gasteiger partial charge is 0.350 e. The lowest BCUT2D eigenvalue weighted by molar-refractivity contribution is 0.249. The molecule has 102 valence electrons. The van der Waals surface area contributed by atoms with Gasteiger partial charge < -0.3 is 5.73 Å². The van der Waals surface area contributed by atoms with Gasteiger partial charge in [-0.15, -0.1) is 0 Å². The Morgan fingerprint density at radius 3 is 2.20 bits per heavy atom. The highest BCUT2D eigenvalue weighted by atomic mass is 32.2. The number of hydrogen-bond donors (Lipinski definition) is 2. The van der Waals surface area contributed by atoms with Gasteiger partial charge in [0.15, 0.2) is 0 Å². The van der Waals surface area contributed by atoms with E-state index in [1.165, 1.54) is 10.5 Å². The Labute approximate surface area is 122 Å². The molecule has 5 heteroatoms. The Morgan fingerprint density at radius 1 is 1.10 bits per heavy atom. The number of rotatable bonds is 4. The van der Waals surface area contributed by atoms with Crippen molar-refractivity contribution in [2.75, 3.05) is 0 Å². The summed E-state index contributed by atoms with van der Waals surface area (Å²) in [5.74, 6) is 0. The average molecular weight is 285 g/mol. The number of benzene rings is 2. The molecule has 0 aromatic heterocycles. The predicted octanol–water partition coefficient (Wildman–Crippen LogP) is 3.15. The summed E-state index contributed by atoms with van der Waals surface area (Å²) in [6.07, 6.45) is 1.55. The number of primary amides is 1. The van der Waals surface area contributed by atoms with Gasteiger partial charge in [0.2, 0.25) is 0 Å². The smallest absolute Gasteiger partial charge is 0.332 e. The van der Waals surface area contributed by atoms with Gasteiger partial charge in [-0.25, -0.2) is 10.2 Å². The summed E-state index contributed by atoms with van der Waals surface area (Å²) in [7, 11) is 0. The number of aryl methyl sites for hydroxylation is 1. The Hall–Kier alpha value is -2.27. The molecule has 2 amide bonds. The number of nitrogens with two attached hydrogens (primary N) is 1. The molecule has 0 atom stereocenters. The van der Waals surface area contributed by atoms with E-state index in [4.69, 9.17) is 5.73 Å². The van der Waals surface area contributed by atoms with Crippen LogP contribution in [-0.4, -0.2) is 12.2 Å². The lowest BCUT2D eigenvalue weighted by Gasteiger charge is -2.02. The van der Waals surface area contributed by atoms with Gasteiger partial charge in [-0.3, -0.25) is 0 Å². The lowest BCUT2D eigenvalue weighted by Crippen LogP contribution is -2.24. The minimum absolute atomic E-state index is 0.673. The molecule has 2 rings (SSSR count). The molecule has 0 aliphatic rings. The first-order valence-electron chi connectivity index (χ1n) is 6.06. The Bertz CT molecular complexity index is 606. The van der Waals surface area contributed by atoms with Gasteiger partial charge >= 0.3 is 6.03 Å². The maximum absolute atomic E-state index is 10.5. The summed E-state index contributed by atoms with van der Waals surface area (Å²) in [5.41, 5.74) is 9.21. The SMILES string of the molecule is Cc1ccc(Sc2ccc(C=NNC(N)=O)cc2)cc1. The Morgan fingerprint density at radius 2 is 1.65 bits per heavy atom. The van der Waals surface area contributed by atoms with Crippen LogP contribution in [0.3, 0.4) is 0 Å². The summed E-state index contributed by atoms with van der Waals surface area (Å²) < 4.78 is 0. The molecule has 2 aromatic carbocycles. The van der Waals surface area contributed by atoms with Crippen molar-refractivity contribution in [1.29, 1.82) is 0 Å². The van der Waals surface area contributed by atoms with Crippen LogP contribution in [0, 0.1) is 6.92 Å². The zero-order valence-corrected chi connectivity index (χ0v) is 11.9. The van der Waals surface area contributed by atoms with Crippen molar-refractivity contribution >= 4 is 24.0 Å². The number of nitrogens with zero attached hydrogens (tertiary/aromatic N) is 1. The zero-order valence-electron chi connectivity index (χ0n) is 11.0. The second-order valence-corrected chi connectivity index (χ2v) is 5.37. The molecule has 0 radical (unpaired) electrons. The van der Waals surface area contributed by atoms with E-state index in [0.29, 0.717) is 0 Å². The van der Waals surface area contributed by atoms with E-state index in [9.17, 15) is 4.79 Å². The molecule has 0 spiro atoms. The van der Waals surface area contributed by atoms with Crippen molar-refractivity contribution in [3.8, 4) is 0 Å². The van der Waals surface area contributed by atoms with Crippen molar-refractivity contribution in [3.63, 3.8) is 0 Å². The summed E-state index contributed by atoms with van der Waals surface area (Å²) in [4.78, 5) is 12.8. The van der Waals surface area contributed by atoms with Crippen LogP contribution in [0.1, 0.15) is 11.1 Å². The molecular weight excluding hydrogens is 270 g/mol. The summed E-state index contributed by atoms with van der Waals surface area (Å²) in [6.45, 7) is 2.07. The van der Waals surface area contributed by atoms with Crippen molar-refractivity contribution in [3.05, 3.63) is 59.7 Å². The fourth-order valence-corrected chi connectivity index (χ4v) is 2.35. The van der Waals surface area contributed by atoms with E-state index in [1.807, 2.05) is 24.3 Å².